The van der Waals surface area contributed by atoms with Crippen LogP contribution in [0.1, 0.15) is 27.2 Å². The summed E-state index contributed by atoms with van der Waals surface area (Å²) < 4.78 is 40.7. The maximum absolute atomic E-state index is 12.4. The molecular formula is C10H17F3N2O3. The first-order chi connectivity index (χ1) is 8.11. The molecule has 2 N–H and O–H groups in total. The highest BCUT2D eigenvalue weighted by molar-refractivity contribution is 5.77. The lowest BCUT2D eigenvalue weighted by Crippen LogP contribution is -2.39. The van der Waals surface area contributed by atoms with E-state index in [0.717, 1.165) is 0 Å². The Morgan fingerprint density at radius 3 is 2.22 bits per heavy atom. The minimum Gasteiger partial charge on any atom is -0.444 e. The van der Waals surface area contributed by atoms with Crippen LogP contribution < -0.4 is 10.6 Å². The van der Waals surface area contributed by atoms with Crippen molar-refractivity contribution in [3.63, 3.8) is 0 Å². The fourth-order valence-electron chi connectivity index (χ4n) is 0.881. The molecule has 0 saturated heterocycles. The highest BCUT2D eigenvalue weighted by Gasteiger charge is 2.21. The fraction of sp³-hybridized carbons (Fsp3) is 0.800. The van der Waals surface area contributed by atoms with Gasteiger partial charge < -0.3 is 15.4 Å². The second-order valence-electron chi connectivity index (χ2n) is 4.48. The van der Waals surface area contributed by atoms with Gasteiger partial charge in [-0.05, 0) is 20.8 Å². The van der Waals surface area contributed by atoms with Crippen molar-refractivity contribution in [3.8, 4) is 0 Å². The standard InChI is InChI=1S/C10H17F3N2O3/c1-10(2,3)18-9(17)14-5-4-6(16)15-8(13)7(11)12/h7-8H,4-5H2,1-3H3,(H,14,17)(H,15,16). The van der Waals surface area contributed by atoms with Crippen LogP contribution in [0.4, 0.5) is 18.0 Å². The average Bonchev–Trinajstić information content (AvgIpc) is 2.14. The van der Waals surface area contributed by atoms with Crippen molar-refractivity contribution in [2.45, 2.75) is 45.5 Å². The van der Waals surface area contributed by atoms with Crippen molar-refractivity contribution in [2.75, 3.05) is 6.54 Å². The molecule has 0 aliphatic carbocycles. The summed E-state index contributed by atoms with van der Waals surface area (Å²) >= 11 is 0. The number of rotatable bonds is 5. The van der Waals surface area contributed by atoms with E-state index in [9.17, 15) is 22.8 Å². The number of amides is 2. The second kappa shape index (κ2) is 7.07. The van der Waals surface area contributed by atoms with Gasteiger partial charge in [0.15, 0.2) is 0 Å². The molecule has 0 aliphatic heterocycles. The molecule has 1 unspecified atom stereocenters. The zero-order chi connectivity index (χ0) is 14.3. The quantitative estimate of drug-likeness (QED) is 0.745. The molecule has 0 radical (unpaired) electrons. The summed E-state index contributed by atoms with van der Waals surface area (Å²) in [5.74, 6) is -0.918. The normalized spacial score (nSPS) is 13.1. The lowest BCUT2D eigenvalue weighted by molar-refractivity contribution is -0.125. The monoisotopic (exact) mass is 270 g/mol. The van der Waals surface area contributed by atoms with Gasteiger partial charge in [-0.1, -0.05) is 0 Å². The Morgan fingerprint density at radius 1 is 1.22 bits per heavy atom. The summed E-state index contributed by atoms with van der Waals surface area (Å²) in [4.78, 5) is 22.1. The topological polar surface area (TPSA) is 67.4 Å². The summed E-state index contributed by atoms with van der Waals surface area (Å²) in [6.45, 7) is 4.86. The molecule has 8 heteroatoms. The van der Waals surface area contributed by atoms with Crippen LogP contribution in [0, 0.1) is 0 Å². The lowest BCUT2D eigenvalue weighted by Gasteiger charge is -2.19. The molecule has 18 heavy (non-hydrogen) atoms. The Hall–Kier alpha value is -1.47. The Balaban J connectivity index is 3.78. The lowest BCUT2D eigenvalue weighted by atomic mass is 10.2. The van der Waals surface area contributed by atoms with Crippen molar-refractivity contribution < 1.29 is 27.5 Å². The molecule has 2 amide bonds. The predicted octanol–water partition coefficient (Wildman–Crippen LogP) is 1.58. The summed E-state index contributed by atoms with van der Waals surface area (Å²) in [7, 11) is 0. The molecule has 0 saturated carbocycles. The number of halogens is 3. The molecule has 0 fully saturated rings. The molecule has 0 spiro atoms. The molecule has 1 atom stereocenters. The van der Waals surface area contributed by atoms with Gasteiger partial charge in [0.2, 0.25) is 12.2 Å². The van der Waals surface area contributed by atoms with Crippen molar-refractivity contribution >= 4 is 12.0 Å². The molecule has 0 aromatic heterocycles. The van der Waals surface area contributed by atoms with Gasteiger partial charge in [0.25, 0.3) is 6.43 Å². The van der Waals surface area contributed by atoms with E-state index in [1.807, 2.05) is 0 Å². The van der Waals surface area contributed by atoms with Crippen LogP contribution >= 0.6 is 0 Å². The largest absolute Gasteiger partial charge is 0.444 e. The number of nitrogens with one attached hydrogen (secondary N) is 2. The zero-order valence-electron chi connectivity index (χ0n) is 10.4. The van der Waals surface area contributed by atoms with Gasteiger partial charge in [0, 0.05) is 13.0 Å². The van der Waals surface area contributed by atoms with Gasteiger partial charge in [0.05, 0.1) is 0 Å². The van der Waals surface area contributed by atoms with Gasteiger partial charge in [-0.3, -0.25) is 4.79 Å². The minimum absolute atomic E-state index is 0.128. The fourth-order valence-corrected chi connectivity index (χ4v) is 0.881. The van der Waals surface area contributed by atoms with E-state index in [1.165, 1.54) is 5.32 Å². The van der Waals surface area contributed by atoms with Crippen LogP contribution in [0.25, 0.3) is 0 Å². The Labute approximate surface area is 103 Å². The van der Waals surface area contributed by atoms with E-state index in [-0.39, 0.29) is 13.0 Å². The van der Waals surface area contributed by atoms with E-state index in [2.05, 4.69) is 5.32 Å². The summed E-state index contributed by atoms with van der Waals surface area (Å²) in [5.41, 5.74) is -0.675. The van der Waals surface area contributed by atoms with Crippen LogP contribution in [0.5, 0.6) is 0 Å². The number of alkyl halides is 3. The van der Waals surface area contributed by atoms with E-state index in [0.29, 0.717) is 0 Å². The van der Waals surface area contributed by atoms with Crippen LogP contribution in [0.3, 0.4) is 0 Å². The van der Waals surface area contributed by atoms with Gasteiger partial charge >= 0.3 is 6.09 Å². The van der Waals surface area contributed by atoms with E-state index in [4.69, 9.17) is 4.74 Å². The molecule has 0 rings (SSSR count). The predicted molar refractivity (Wildman–Crippen MR) is 57.9 cm³/mol. The number of alkyl carbamates (subject to hydrolysis) is 1. The Morgan fingerprint density at radius 2 is 1.78 bits per heavy atom. The third-order valence-corrected chi connectivity index (χ3v) is 1.54. The summed E-state index contributed by atoms with van der Waals surface area (Å²) in [6.07, 6.45) is -7.01. The molecule has 0 aliphatic rings. The van der Waals surface area contributed by atoms with Crippen LogP contribution in [-0.4, -0.2) is 36.9 Å². The number of carbonyl (C=O) groups excluding carboxylic acids is 2. The number of carbonyl (C=O) groups is 2. The molecule has 106 valence electrons. The SMILES string of the molecule is CC(C)(C)OC(=O)NCCC(=O)NC(F)C(F)F. The second-order valence-corrected chi connectivity index (χ2v) is 4.48. The van der Waals surface area contributed by atoms with Crippen LogP contribution in [0.2, 0.25) is 0 Å². The van der Waals surface area contributed by atoms with E-state index in [1.54, 1.807) is 20.8 Å². The van der Waals surface area contributed by atoms with E-state index >= 15 is 0 Å². The number of ether oxygens (including phenoxy) is 1. The van der Waals surface area contributed by atoms with Crippen molar-refractivity contribution in [1.29, 1.82) is 0 Å². The van der Waals surface area contributed by atoms with Crippen molar-refractivity contribution in [1.82, 2.24) is 10.6 Å². The average molecular weight is 270 g/mol. The first-order valence-corrected chi connectivity index (χ1v) is 5.30. The highest BCUT2D eigenvalue weighted by atomic mass is 19.3. The van der Waals surface area contributed by atoms with Crippen LogP contribution in [-0.2, 0) is 9.53 Å². The number of hydrogen-bond donors (Lipinski definition) is 2. The maximum Gasteiger partial charge on any atom is 0.407 e. The zero-order valence-corrected chi connectivity index (χ0v) is 10.4. The third kappa shape index (κ3) is 8.66. The molecule has 0 bridgehead atoms. The maximum atomic E-state index is 12.4. The highest BCUT2D eigenvalue weighted by Crippen LogP contribution is 2.06. The summed E-state index contributed by atoms with van der Waals surface area (Å²) in [5, 5.41) is 3.69. The molecule has 0 aromatic carbocycles. The van der Waals surface area contributed by atoms with Crippen molar-refractivity contribution in [3.05, 3.63) is 0 Å². The smallest absolute Gasteiger partial charge is 0.407 e. The molecule has 0 heterocycles. The van der Waals surface area contributed by atoms with Gasteiger partial charge in [0.1, 0.15) is 5.60 Å². The van der Waals surface area contributed by atoms with Gasteiger partial charge in [-0.15, -0.1) is 0 Å². The summed E-state index contributed by atoms with van der Waals surface area (Å²) in [6, 6.07) is 0. The molecular weight excluding hydrogens is 253 g/mol. The molecule has 5 nitrogen and oxygen atoms in total. The van der Waals surface area contributed by atoms with Gasteiger partial charge in [-0.25, -0.2) is 18.0 Å². The minimum atomic E-state index is -3.27. The Bertz CT molecular complexity index is 293. The van der Waals surface area contributed by atoms with Crippen molar-refractivity contribution in [2.24, 2.45) is 0 Å². The molecule has 0 aromatic rings. The van der Waals surface area contributed by atoms with Crippen LogP contribution in [0.15, 0.2) is 0 Å². The number of hydrogen-bond acceptors (Lipinski definition) is 3. The Kier molecular flexibility index (Phi) is 6.50. The first kappa shape index (κ1) is 16.5. The van der Waals surface area contributed by atoms with Gasteiger partial charge in [-0.2, -0.15) is 0 Å². The van der Waals surface area contributed by atoms with E-state index < -0.39 is 30.3 Å². The first-order valence-electron chi connectivity index (χ1n) is 5.30. The third-order valence-electron chi connectivity index (χ3n) is 1.54.